The van der Waals surface area contributed by atoms with Crippen molar-refractivity contribution in [1.82, 2.24) is 19.9 Å². The molecule has 5 N–H and O–H groups in total. The molecule has 0 spiro atoms. The van der Waals surface area contributed by atoms with Crippen molar-refractivity contribution in [2.75, 3.05) is 44.7 Å². The molecule has 0 aliphatic carbocycles. The number of aromatic nitrogens is 3. The lowest BCUT2D eigenvalue weighted by Crippen LogP contribution is -2.30. The summed E-state index contributed by atoms with van der Waals surface area (Å²) in [4.78, 5) is 24.4. The third-order valence-corrected chi connectivity index (χ3v) is 5.70. The molecule has 2 aromatic heterocycles. The summed E-state index contributed by atoms with van der Waals surface area (Å²) in [5.41, 5.74) is 4.81. The highest BCUT2D eigenvalue weighted by Gasteiger charge is 2.36. The molecule has 182 valence electrons. The van der Waals surface area contributed by atoms with E-state index in [0.717, 1.165) is 25.7 Å². The van der Waals surface area contributed by atoms with Gasteiger partial charge in [-0.15, -0.1) is 0 Å². The van der Waals surface area contributed by atoms with Crippen molar-refractivity contribution in [2.45, 2.75) is 18.6 Å². The van der Waals surface area contributed by atoms with Crippen molar-refractivity contribution in [3.8, 4) is 11.3 Å². The van der Waals surface area contributed by atoms with Gasteiger partial charge in [-0.2, -0.15) is 13.2 Å². The van der Waals surface area contributed by atoms with E-state index in [1.54, 1.807) is 0 Å². The van der Waals surface area contributed by atoms with Crippen molar-refractivity contribution < 1.29 is 27.8 Å². The molecule has 0 bridgehead atoms. The second kappa shape index (κ2) is 9.95. The predicted octanol–water partition coefficient (Wildman–Crippen LogP) is 2.80. The molecule has 12 heteroatoms. The van der Waals surface area contributed by atoms with E-state index in [-0.39, 0.29) is 28.8 Å². The first-order chi connectivity index (χ1) is 16.3. The molecule has 34 heavy (non-hydrogen) atoms. The second-order valence-corrected chi connectivity index (χ2v) is 8.05. The van der Waals surface area contributed by atoms with Crippen molar-refractivity contribution >= 4 is 22.8 Å². The van der Waals surface area contributed by atoms with Gasteiger partial charge in [0.1, 0.15) is 5.56 Å². The molecule has 3 heterocycles. The van der Waals surface area contributed by atoms with E-state index in [0.29, 0.717) is 37.2 Å². The highest BCUT2D eigenvalue weighted by molar-refractivity contribution is 5.99. The maximum atomic E-state index is 13.8. The maximum absolute atomic E-state index is 13.8. The number of fused-ring (bicyclic) bond motifs is 1. The highest BCUT2D eigenvalue weighted by atomic mass is 19.4. The number of aromatic amines is 1. The molecule has 0 radical (unpaired) electrons. The van der Waals surface area contributed by atoms with Crippen LogP contribution in [0.15, 0.2) is 30.6 Å². The van der Waals surface area contributed by atoms with Crippen LogP contribution in [0.25, 0.3) is 22.2 Å². The van der Waals surface area contributed by atoms with Crippen LogP contribution in [0, 0.1) is 0 Å². The fourth-order valence-electron chi connectivity index (χ4n) is 4.03. The number of ether oxygens (including phenoxy) is 1. The van der Waals surface area contributed by atoms with E-state index in [2.05, 4.69) is 25.2 Å². The van der Waals surface area contributed by atoms with Gasteiger partial charge in [0, 0.05) is 61.1 Å². The summed E-state index contributed by atoms with van der Waals surface area (Å²) < 4.78 is 46.7. The van der Waals surface area contributed by atoms with Crippen LogP contribution in [-0.4, -0.2) is 76.4 Å². The third kappa shape index (κ3) is 5.29. The van der Waals surface area contributed by atoms with Crippen LogP contribution in [-0.2, 0) is 10.9 Å². The van der Waals surface area contributed by atoms with Gasteiger partial charge < -0.3 is 25.9 Å². The Morgan fingerprint density at radius 3 is 2.91 bits per heavy atom. The van der Waals surface area contributed by atoms with Gasteiger partial charge in [-0.1, -0.05) is 6.07 Å². The van der Waals surface area contributed by atoms with E-state index in [1.165, 1.54) is 24.4 Å². The lowest BCUT2D eigenvalue weighted by Gasteiger charge is -2.18. The van der Waals surface area contributed by atoms with E-state index in [4.69, 9.17) is 10.5 Å². The third-order valence-electron chi connectivity index (χ3n) is 5.70. The number of aromatic carboxylic acids is 1. The van der Waals surface area contributed by atoms with Crippen molar-refractivity contribution in [3.63, 3.8) is 0 Å². The summed E-state index contributed by atoms with van der Waals surface area (Å²) >= 11 is 0. The Bertz CT molecular complexity index is 1170. The number of nitrogens with zero attached hydrogens (tertiary/aromatic N) is 3. The summed E-state index contributed by atoms with van der Waals surface area (Å²) in [6, 6.07) is 4.18. The van der Waals surface area contributed by atoms with Gasteiger partial charge in [0.2, 0.25) is 5.95 Å². The zero-order valence-corrected chi connectivity index (χ0v) is 18.2. The van der Waals surface area contributed by atoms with Gasteiger partial charge in [0.05, 0.1) is 24.5 Å². The fraction of sp³-hybridized carbons (Fsp3) is 0.409. The summed E-state index contributed by atoms with van der Waals surface area (Å²) in [6.45, 7) is 3.79. The van der Waals surface area contributed by atoms with Gasteiger partial charge in [0.15, 0.2) is 0 Å². The second-order valence-electron chi connectivity index (χ2n) is 8.05. The molecule has 0 unspecified atom stereocenters. The Kier molecular flexibility index (Phi) is 7.00. The summed E-state index contributed by atoms with van der Waals surface area (Å²) in [5, 5.41) is 12.8. The van der Waals surface area contributed by atoms with Crippen LogP contribution in [0.1, 0.15) is 22.3 Å². The van der Waals surface area contributed by atoms with Crippen molar-refractivity contribution in [1.29, 1.82) is 0 Å². The van der Waals surface area contributed by atoms with Gasteiger partial charge in [-0.25, -0.2) is 14.8 Å². The molecule has 0 saturated carbocycles. The Morgan fingerprint density at radius 1 is 1.35 bits per heavy atom. The van der Waals surface area contributed by atoms with E-state index >= 15 is 0 Å². The molecular formula is C22H25F3N6O3. The van der Waals surface area contributed by atoms with Crippen molar-refractivity contribution in [3.05, 3.63) is 41.7 Å². The predicted molar refractivity (Wildman–Crippen MR) is 120 cm³/mol. The molecule has 1 aliphatic heterocycles. The van der Waals surface area contributed by atoms with Crippen LogP contribution in [0.5, 0.6) is 0 Å². The molecule has 4 rings (SSSR count). The van der Waals surface area contributed by atoms with E-state index in [9.17, 15) is 23.1 Å². The number of anilines is 1. The first-order valence-electron chi connectivity index (χ1n) is 10.8. The topological polar surface area (TPSA) is 129 Å². The lowest BCUT2D eigenvalue weighted by molar-refractivity contribution is -0.137. The molecule has 1 aromatic carbocycles. The minimum absolute atomic E-state index is 0.0137. The molecule has 1 saturated heterocycles. The number of nitrogens with two attached hydrogens (primary N) is 1. The van der Waals surface area contributed by atoms with E-state index in [1.807, 2.05) is 0 Å². The molecule has 1 aliphatic rings. The fourth-order valence-corrected chi connectivity index (χ4v) is 4.03. The van der Waals surface area contributed by atoms with E-state index < -0.39 is 17.7 Å². The molecular weight excluding hydrogens is 453 g/mol. The monoisotopic (exact) mass is 478 g/mol. The molecule has 1 fully saturated rings. The van der Waals surface area contributed by atoms with Crippen molar-refractivity contribution in [2.24, 2.45) is 5.73 Å². The minimum Gasteiger partial charge on any atom is -0.478 e. The Hall–Kier alpha value is -3.22. The van der Waals surface area contributed by atoms with Gasteiger partial charge in [0.25, 0.3) is 0 Å². The average Bonchev–Trinajstić information content (AvgIpc) is 3.42. The maximum Gasteiger partial charge on any atom is 0.419 e. The minimum atomic E-state index is -4.66. The first-order valence-corrected chi connectivity index (χ1v) is 10.8. The number of hydrogen-bond acceptors (Lipinski definition) is 7. The number of rotatable bonds is 9. The average molecular weight is 478 g/mol. The number of hydrogen-bond donors (Lipinski definition) is 4. The summed E-state index contributed by atoms with van der Waals surface area (Å²) in [5.74, 6) is -1.02. The van der Waals surface area contributed by atoms with Gasteiger partial charge in [-0.3, -0.25) is 4.90 Å². The number of carboxylic acids is 1. The van der Waals surface area contributed by atoms with Crippen LogP contribution in [0.3, 0.4) is 0 Å². The summed E-state index contributed by atoms with van der Waals surface area (Å²) in [7, 11) is 0. The number of alkyl halides is 3. The molecule has 1 atom stereocenters. The zero-order valence-electron chi connectivity index (χ0n) is 18.2. The summed E-state index contributed by atoms with van der Waals surface area (Å²) in [6.07, 6.45) is -1.69. The smallest absolute Gasteiger partial charge is 0.419 e. The normalized spacial score (nSPS) is 16.9. The Morgan fingerprint density at radius 2 is 2.18 bits per heavy atom. The number of benzene rings is 1. The van der Waals surface area contributed by atoms with Gasteiger partial charge >= 0.3 is 12.1 Å². The van der Waals surface area contributed by atoms with Crippen LogP contribution in [0.2, 0.25) is 0 Å². The largest absolute Gasteiger partial charge is 0.478 e. The standard InChI is InChI=1S/C22H25F3N6O3/c23-22(24,25)17-11-28-21(29-14-3-5-31(12-14)6-8-34-7-4-26)30-19(17)16-10-27-18-9-13(20(32)33)1-2-15(16)18/h1-2,9-11,14,27H,3-8,12,26H2,(H,32,33)(H,28,29,30)/t14-/m1/s1. The lowest BCUT2D eigenvalue weighted by atomic mass is 10.0. The zero-order chi connectivity index (χ0) is 24.3. The number of H-pyrrole nitrogens is 1. The molecule has 3 aromatic rings. The highest BCUT2D eigenvalue weighted by Crippen LogP contribution is 2.38. The Labute approximate surface area is 193 Å². The molecule has 0 amide bonds. The number of nitrogens with one attached hydrogen (secondary N) is 2. The molecule has 9 nitrogen and oxygen atoms in total. The first kappa shape index (κ1) is 23.9. The van der Waals surface area contributed by atoms with Gasteiger partial charge in [-0.05, 0) is 18.6 Å². The number of carbonyl (C=O) groups is 1. The number of carboxylic acid groups (broad SMARTS) is 1. The number of likely N-dealkylation sites (tertiary alicyclic amines) is 1. The SMILES string of the molecule is NCCOCCN1CC[C@@H](Nc2ncc(C(F)(F)F)c(-c3c[nH]c4cc(C(=O)O)ccc34)n2)C1. The number of halogens is 3. The van der Waals surface area contributed by atoms with Crippen LogP contribution < -0.4 is 11.1 Å². The van der Waals surface area contributed by atoms with Crippen LogP contribution in [0.4, 0.5) is 19.1 Å². The quantitative estimate of drug-likeness (QED) is 0.346. The van der Waals surface area contributed by atoms with Crippen LogP contribution >= 0.6 is 0 Å². The Balaban J connectivity index is 1.57.